The minimum atomic E-state index is -1.20. The third kappa shape index (κ3) is 8.29. The van der Waals surface area contributed by atoms with Gasteiger partial charge in [0.05, 0.1) is 18.3 Å². The molecule has 0 radical (unpaired) electrons. The van der Waals surface area contributed by atoms with Gasteiger partial charge in [0.25, 0.3) is 0 Å². The molecular formula is C16H19N3O6S. The van der Waals surface area contributed by atoms with Crippen LogP contribution in [0.3, 0.4) is 0 Å². The molecular weight excluding hydrogens is 362 g/mol. The molecule has 0 aliphatic heterocycles. The Morgan fingerprint density at radius 3 is 2.04 bits per heavy atom. The molecule has 0 bridgehead atoms. The normalized spacial score (nSPS) is 11.1. The Labute approximate surface area is 153 Å². The zero-order valence-electron chi connectivity index (χ0n) is 14.0. The maximum Gasteiger partial charge on any atom is 0.322 e. The molecule has 1 aromatic carbocycles. The number of hydrogen-bond donors (Lipinski definition) is 4. The van der Waals surface area contributed by atoms with E-state index >= 15 is 0 Å². The van der Waals surface area contributed by atoms with Crippen molar-refractivity contribution < 1.29 is 29.1 Å². The van der Waals surface area contributed by atoms with E-state index in [1.807, 2.05) is 0 Å². The van der Waals surface area contributed by atoms with Crippen molar-refractivity contribution in [3.63, 3.8) is 0 Å². The van der Waals surface area contributed by atoms with Crippen molar-refractivity contribution in [2.45, 2.75) is 12.2 Å². The molecule has 1 rings (SSSR count). The van der Waals surface area contributed by atoms with Gasteiger partial charge in [-0.25, -0.2) is 0 Å². The fraction of sp³-hybridized carbons (Fsp3) is 0.312. The predicted molar refractivity (Wildman–Crippen MR) is 94.5 cm³/mol. The van der Waals surface area contributed by atoms with Crippen LogP contribution in [-0.4, -0.2) is 58.8 Å². The number of nitrogens with one attached hydrogen (secondary N) is 3. The summed E-state index contributed by atoms with van der Waals surface area (Å²) in [6.07, 6.45) is 0. The molecule has 9 nitrogen and oxygen atoms in total. The highest BCUT2D eigenvalue weighted by atomic mass is 32.2. The van der Waals surface area contributed by atoms with Crippen LogP contribution in [0.4, 0.5) is 0 Å². The summed E-state index contributed by atoms with van der Waals surface area (Å²) in [7, 11) is 0. The van der Waals surface area contributed by atoms with Gasteiger partial charge in [0.15, 0.2) is 0 Å². The molecule has 1 aromatic rings. The SMILES string of the molecule is CC(SC(=O)c1ccccc1)C(=O)NCC(=O)NCC(=O)NCC(=O)O. The summed E-state index contributed by atoms with van der Waals surface area (Å²) >= 11 is 0.838. The monoisotopic (exact) mass is 381 g/mol. The summed E-state index contributed by atoms with van der Waals surface area (Å²) in [5.41, 5.74) is 0.474. The van der Waals surface area contributed by atoms with Crippen LogP contribution >= 0.6 is 11.8 Å². The zero-order valence-corrected chi connectivity index (χ0v) is 14.8. The molecule has 140 valence electrons. The van der Waals surface area contributed by atoms with Gasteiger partial charge in [-0.15, -0.1) is 0 Å². The molecule has 1 unspecified atom stereocenters. The quantitative estimate of drug-likeness (QED) is 0.447. The zero-order chi connectivity index (χ0) is 19.5. The molecule has 1 atom stereocenters. The Bertz CT molecular complexity index is 680. The van der Waals surface area contributed by atoms with E-state index in [1.165, 1.54) is 6.92 Å². The average molecular weight is 381 g/mol. The third-order valence-electron chi connectivity index (χ3n) is 2.97. The molecule has 0 spiro atoms. The molecule has 3 amide bonds. The minimum Gasteiger partial charge on any atom is -0.480 e. The predicted octanol–water partition coefficient (Wildman–Crippen LogP) is -0.618. The van der Waals surface area contributed by atoms with Gasteiger partial charge in [-0.1, -0.05) is 42.1 Å². The van der Waals surface area contributed by atoms with Crippen LogP contribution in [0.1, 0.15) is 17.3 Å². The summed E-state index contributed by atoms with van der Waals surface area (Å²) in [5.74, 6) is -2.97. The van der Waals surface area contributed by atoms with Crippen molar-refractivity contribution in [2.24, 2.45) is 0 Å². The molecule has 0 aromatic heterocycles. The Kier molecular flexibility index (Phi) is 8.85. The fourth-order valence-electron chi connectivity index (χ4n) is 1.65. The fourth-order valence-corrected chi connectivity index (χ4v) is 2.43. The van der Waals surface area contributed by atoms with E-state index in [2.05, 4.69) is 16.0 Å². The lowest BCUT2D eigenvalue weighted by molar-refractivity contribution is -0.137. The molecule has 0 heterocycles. The van der Waals surface area contributed by atoms with E-state index in [4.69, 9.17) is 5.11 Å². The van der Waals surface area contributed by atoms with Crippen molar-refractivity contribution >= 4 is 40.6 Å². The maximum atomic E-state index is 12.0. The Morgan fingerprint density at radius 2 is 1.46 bits per heavy atom. The van der Waals surface area contributed by atoms with E-state index in [1.54, 1.807) is 30.3 Å². The third-order valence-corrected chi connectivity index (χ3v) is 3.99. The number of hydrogen-bond acceptors (Lipinski definition) is 6. The number of rotatable bonds is 9. The number of amides is 3. The minimum absolute atomic E-state index is 0.257. The highest BCUT2D eigenvalue weighted by molar-refractivity contribution is 8.15. The van der Waals surface area contributed by atoms with Crippen molar-refractivity contribution in [1.29, 1.82) is 0 Å². The van der Waals surface area contributed by atoms with Crippen molar-refractivity contribution in [1.82, 2.24) is 16.0 Å². The summed E-state index contributed by atoms with van der Waals surface area (Å²) in [5, 5.41) is 14.1. The van der Waals surface area contributed by atoms with Crippen LogP contribution in [0.25, 0.3) is 0 Å². The first-order valence-electron chi connectivity index (χ1n) is 7.58. The van der Waals surface area contributed by atoms with Crippen molar-refractivity contribution in [2.75, 3.05) is 19.6 Å². The van der Waals surface area contributed by atoms with Gasteiger partial charge in [-0.3, -0.25) is 24.0 Å². The van der Waals surface area contributed by atoms with E-state index in [9.17, 15) is 24.0 Å². The summed E-state index contributed by atoms with van der Waals surface area (Å²) in [6.45, 7) is 0.224. The molecule has 0 saturated heterocycles. The van der Waals surface area contributed by atoms with E-state index in [-0.39, 0.29) is 11.7 Å². The smallest absolute Gasteiger partial charge is 0.322 e. The molecule has 0 saturated carbocycles. The topological polar surface area (TPSA) is 142 Å². The molecule has 0 aliphatic carbocycles. The number of carbonyl (C=O) groups excluding carboxylic acids is 4. The largest absolute Gasteiger partial charge is 0.480 e. The van der Waals surface area contributed by atoms with Gasteiger partial charge < -0.3 is 21.1 Å². The van der Waals surface area contributed by atoms with E-state index in [0.29, 0.717) is 5.56 Å². The Hall–Kier alpha value is -2.88. The summed E-state index contributed by atoms with van der Waals surface area (Å²) < 4.78 is 0. The van der Waals surface area contributed by atoms with Crippen LogP contribution in [0.5, 0.6) is 0 Å². The second kappa shape index (κ2) is 10.9. The standard InChI is InChI=1S/C16H19N3O6S/c1-10(26-16(25)11-5-3-2-4-6-11)15(24)19-8-13(21)17-7-12(20)18-9-14(22)23/h2-6,10H,7-9H2,1H3,(H,17,21)(H,18,20)(H,19,24)(H,22,23). The van der Waals surface area contributed by atoms with Crippen LogP contribution in [0.15, 0.2) is 30.3 Å². The lowest BCUT2D eigenvalue weighted by Gasteiger charge is -2.11. The molecule has 0 aliphatic rings. The van der Waals surface area contributed by atoms with Crippen molar-refractivity contribution in [3.05, 3.63) is 35.9 Å². The molecule has 0 fully saturated rings. The van der Waals surface area contributed by atoms with Crippen LogP contribution in [0, 0.1) is 0 Å². The highest BCUT2D eigenvalue weighted by Gasteiger charge is 2.19. The van der Waals surface area contributed by atoms with Crippen LogP contribution in [-0.2, 0) is 19.2 Å². The summed E-state index contributed by atoms with van der Waals surface area (Å²) in [6, 6.07) is 8.49. The van der Waals surface area contributed by atoms with Crippen LogP contribution in [0.2, 0.25) is 0 Å². The second-order valence-corrected chi connectivity index (χ2v) is 6.39. The number of carboxylic acids is 1. The summed E-state index contributed by atoms with van der Waals surface area (Å²) in [4.78, 5) is 57.0. The number of benzene rings is 1. The van der Waals surface area contributed by atoms with E-state index in [0.717, 1.165) is 11.8 Å². The van der Waals surface area contributed by atoms with Crippen LogP contribution < -0.4 is 16.0 Å². The van der Waals surface area contributed by atoms with Gasteiger partial charge in [-0.05, 0) is 6.92 Å². The van der Waals surface area contributed by atoms with E-state index < -0.39 is 42.0 Å². The molecule has 26 heavy (non-hydrogen) atoms. The average Bonchev–Trinajstić information content (AvgIpc) is 2.63. The van der Waals surface area contributed by atoms with Gasteiger partial charge >= 0.3 is 5.97 Å². The second-order valence-electron chi connectivity index (χ2n) is 5.08. The number of carbonyl (C=O) groups is 5. The first kappa shape index (κ1) is 21.2. The van der Waals surface area contributed by atoms with Crippen molar-refractivity contribution in [3.8, 4) is 0 Å². The number of carboxylic acid groups (broad SMARTS) is 1. The van der Waals surface area contributed by atoms with Gasteiger partial charge in [0.1, 0.15) is 6.54 Å². The van der Waals surface area contributed by atoms with Gasteiger partial charge in [-0.2, -0.15) is 0 Å². The highest BCUT2D eigenvalue weighted by Crippen LogP contribution is 2.17. The first-order valence-corrected chi connectivity index (χ1v) is 8.46. The molecule has 10 heteroatoms. The Balaban J connectivity index is 2.29. The number of aliphatic carboxylic acids is 1. The lowest BCUT2D eigenvalue weighted by Crippen LogP contribution is -2.44. The first-order chi connectivity index (χ1) is 12.3. The number of thioether (sulfide) groups is 1. The molecule has 4 N–H and O–H groups in total. The van der Waals surface area contributed by atoms with Gasteiger partial charge in [0.2, 0.25) is 22.8 Å². The van der Waals surface area contributed by atoms with Gasteiger partial charge in [0, 0.05) is 5.56 Å². The maximum absolute atomic E-state index is 12.0. The lowest BCUT2D eigenvalue weighted by atomic mass is 10.2. The Morgan fingerprint density at radius 1 is 0.923 bits per heavy atom.